The van der Waals surface area contributed by atoms with Crippen LogP contribution in [0.15, 0.2) is 71.1 Å². The molecule has 0 heterocycles. The maximum Gasteiger partial charge on any atom is 0.264 e. The minimum Gasteiger partial charge on any atom is -0.399 e. The van der Waals surface area contributed by atoms with Crippen molar-refractivity contribution in [3.63, 3.8) is 0 Å². The average Bonchev–Trinajstić information content (AvgIpc) is 2.93. The maximum atomic E-state index is 14.1. The van der Waals surface area contributed by atoms with Gasteiger partial charge in [0.15, 0.2) is 0 Å². The lowest BCUT2D eigenvalue weighted by molar-refractivity contribution is -0.140. The lowest BCUT2D eigenvalue weighted by atomic mass is 9.76. The lowest BCUT2D eigenvalue weighted by Gasteiger charge is -2.40. The van der Waals surface area contributed by atoms with E-state index in [2.05, 4.69) is 15.4 Å². The first-order chi connectivity index (χ1) is 20.2. The van der Waals surface area contributed by atoms with Crippen molar-refractivity contribution in [2.45, 2.75) is 83.8 Å². The number of hydrogen-bond donors (Lipinski definition) is 4. The highest BCUT2D eigenvalue weighted by atomic mass is 32.2. The molecule has 0 bridgehead atoms. The Bertz CT molecular complexity index is 1460. The van der Waals surface area contributed by atoms with Gasteiger partial charge in [0.1, 0.15) is 6.04 Å². The van der Waals surface area contributed by atoms with Gasteiger partial charge in [0, 0.05) is 23.7 Å². The van der Waals surface area contributed by atoms with Crippen molar-refractivity contribution >= 4 is 33.4 Å². The molecule has 0 saturated carbocycles. The Hall–Kier alpha value is -3.70. The second-order valence-corrected chi connectivity index (χ2v) is 14.8. The maximum absolute atomic E-state index is 14.1. The highest BCUT2D eigenvalue weighted by molar-refractivity contribution is 7.90. The molecular formula is C33H49N5O5S. The largest absolute Gasteiger partial charge is 0.399 e. The standard InChI is InChI=1S/C33H49N5O5S/c1-21(2)26(19-22(3)29(39)37-44(42,43)25-18-14-17-24(34)20-25)38(10)31(41)28(32(4,5)6)36-30(40)27(35-9)33(7,8)23-15-12-11-13-16-23/h11-21,26-28,35H,34H2,1-10H3,(H,36,40)(H,37,39)/t26-,27-,28-/m1/s1. The van der Waals surface area contributed by atoms with Crippen LogP contribution >= 0.6 is 0 Å². The number of nitrogens with zero attached hydrogens (tertiary/aromatic N) is 1. The van der Waals surface area contributed by atoms with E-state index < -0.39 is 44.9 Å². The summed E-state index contributed by atoms with van der Waals surface area (Å²) in [5, 5.41) is 6.14. The lowest BCUT2D eigenvalue weighted by Crippen LogP contribution is -2.61. The molecule has 3 atom stereocenters. The van der Waals surface area contributed by atoms with E-state index in [1.807, 2.05) is 78.8 Å². The van der Waals surface area contributed by atoms with Gasteiger partial charge in [0.2, 0.25) is 11.8 Å². The van der Waals surface area contributed by atoms with Gasteiger partial charge in [0.05, 0.1) is 17.0 Å². The number of likely N-dealkylation sites (N-methyl/N-ethyl adjacent to an activating group) is 2. The Kier molecular flexibility index (Phi) is 11.9. The number of rotatable bonds is 12. The molecule has 3 amide bonds. The fourth-order valence-electron chi connectivity index (χ4n) is 5.11. The summed E-state index contributed by atoms with van der Waals surface area (Å²) in [4.78, 5) is 42.1. The normalized spacial score (nSPS) is 14.8. The third-order valence-electron chi connectivity index (χ3n) is 7.84. The Morgan fingerprint density at radius 2 is 1.52 bits per heavy atom. The molecule has 2 rings (SSSR count). The first-order valence-electron chi connectivity index (χ1n) is 14.6. The van der Waals surface area contributed by atoms with Crippen LogP contribution in [-0.2, 0) is 29.8 Å². The molecule has 44 heavy (non-hydrogen) atoms. The first kappa shape index (κ1) is 36.5. The Morgan fingerprint density at radius 3 is 2.02 bits per heavy atom. The third kappa shape index (κ3) is 8.92. The van der Waals surface area contributed by atoms with Crippen molar-refractivity contribution in [2.75, 3.05) is 19.8 Å². The zero-order chi connectivity index (χ0) is 33.6. The number of nitrogens with two attached hydrogens (primary N) is 1. The Morgan fingerprint density at radius 1 is 0.932 bits per heavy atom. The molecule has 10 nitrogen and oxygen atoms in total. The van der Waals surface area contributed by atoms with Crippen LogP contribution in [0.2, 0.25) is 0 Å². The van der Waals surface area contributed by atoms with E-state index in [0.29, 0.717) is 0 Å². The quantitative estimate of drug-likeness (QED) is 0.207. The predicted molar refractivity (Wildman–Crippen MR) is 175 cm³/mol. The molecule has 0 unspecified atom stereocenters. The number of nitrogen functional groups attached to an aromatic ring is 1. The summed E-state index contributed by atoms with van der Waals surface area (Å²) in [5.74, 6) is -1.62. The van der Waals surface area contributed by atoms with Crippen molar-refractivity contribution in [1.82, 2.24) is 20.3 Å². The van der Waals surface area contributed by atoms with Gasteiger partial charge in [0.25, 0.3) is 15.9 Å². The molecule has 0 spiro atoms. The number of sulfonamides is 1. The van der Waals surface area contributed by atoms with E-state index in [0.717, 1.165) is 5.56 Å². The summed E-state index contributed by atoms with van der Waals surface area (Å²) in [6, 6.07) is 13.2. The summed E-state index contributed by atoms with van der Waals surface area (Å²) < 4.78 is 27.6. The molecule has 11 heteroatoms. The summed E-state index contributed by atoms with van der Waals surface area (Å²) in [6.45, 7) is 14.9. The molecule has 2 aromatic carbocycles. The molecule has 0 aromatic heterocycles. The SMILES string of the molecule is CN[C@H](C(=O)N[C@H](C(=O)N(C)[C@H](C=C(C)C(=O)NS(=O)(=O)c1cccc(N)c1)C(C)C)C(C)(C)C)C(C)(C)c1ccccc1. The summed E-state index contributed by atoms with van der Waals surface area (Å²) >= 11 is 0. The third-order valence-corrected chi connectivity index (χ3v) is 9.17. The van der Waals surface area contributed by atoms with Crippen molar-refractivity contribution in [3.05, 3.63) is 71.8 Å². The van der Waals surface area contributed by atoms with Gasteiger partial charge in [-0.3, -0.25) is 14.4 Å². The molecule has 5 N–H and O–H groups in total. The zero-order valence-electron chi connectivity index (χ0n) is 27.6. The van der Waals surface area contributed by atoms with Crippen LogP contribution in [0.4, 0.5) is 5.69 Å². The zero-order valence-corrected chi connectivity index (χ0v) is 28.4. The second-order valence-electron chi connectivity index (χ2n) is 13.2. The van der Waals surface area contributed by atoms with Gasteiger partial charge in [-0.05, 0) is 49.1 Å². The smallest absolute Gasteiger partial charge is 0.264 e. The predicted octanol–water partition coefficient (Wildman–Crippen LogP) is 3.60. The van der Waals surface area contributed by atoms with E-state index in [1.54, 1.807) is 26.2 Å². The number of carbonyl (C=O) groups is 3. The van der Waals surface area contributed by atoms with Crippen LogP contribution in [0.25, 0.3) is 0 Å². The second kappa shape index (κ2) is 14.4. The van der Waals surface area contributed by atoms with Crippen molar-refractivity contribution < 1.29 is 22.8 Å². The van der Waals surface area contributed by atoms with E-state index >= 15 is 0 Å². The van der Waals surface area contributed by atoms with Crippen LogP contribution in [0.5, 0.6) is 0 Å². The number of carbonyl (C=O) groups excluding carboxylic acids is 3. The molecule has 242 valence electrons. The van der Waals surface area contributed by atoms with Gasteiger partial charge < -0.3 is 21.3 Å². The Balaban J connectivity index is 2.33. The highest BCUT2D eigenvalue weighted by Crippen LogP contribution is 2.29. The van der Waals surface area contributed by atoms with E-state index in [-0.39, 0.29) is 33.9 Å². The molecule has 0 radical (unpaired) electrons. The molecule has 0 aliphatic rings. The van der Waals surface area contributed by atoms with Crippen LogP contribution in [-0.4, -0.2) is 63.3 Å². The topological polar surface area (TPSA) is 151 Å². The summed E-state index contributed by atoms with van der Waals surface area (Å²) in [6.07, 6.45) is 1.57. The van der Waals surface area contributed by atoms with Crippen LogP contribution in [0.1, 0.15) is 61.0 Å². The van der Waals surface area contributed by atoms with Gasteiger partial charge >= 0.3 is 0 Å². The number of anilines is 1. The number of hydrogen-bond acceptors (Lipinski definition) is 7. The van der Waals surface area contributed by atoms with Crippen LogP contribution in [0.3, 0.4) is 0 Å². The molecular weight excluding hydrogens is 578 g/mol. The minimum atomic E-state index is -4.16. The minimum absolute atomic E-state index is 0.118. The molecule has 0 saturated heterocycles. The monoisotopic (exact) mass is 627 g/mol. The Labute approximate surface area is 262 Å². The van der Waals surface area contributed by atoms with E-state index in [9.17, 15) is 22.8 Å². The summed E-state index contributed by atoms with van der Waals surface area (Å²) in [7, 11) is -0.828. The molecule has 0 aliphatic carbocycles. The van der Waals surface area contributed by atoms with Gasteiger partial charge in [-0.25, -0.2) is 13.1 Å². The van der Waals surface area contributed by atoms with Crippen molar-refractivity contribution in [2.24, 2.45) is 11.3 Å². The highest BCUT2D eigenvalue weighted by Gasteiger charge is 2.41. The van der Waals surface area contributed by atoms with Crippen molar-refractivity contribution in [1.29, 1.82) is 0 Å². The fourth-order valence-corrected chi connectivity index (χ4v) is 6.18. The van der Waals surface area contributed by atoms with Crippen LogP contribution in [0, 0.1) is 11.3 Å². The number of nitrogens with one attached hydrogen (secondary N) is 3. The fraction of sp³-hybridized carbons (Fsp3) is 0.485. The average molecular weight is 628 g/mol. The van der Waals surface area contributed by atoms with E-state index in [4.69, 9.17) is 5.73 Å². The number of amides is 3. The number of benzene rings is 2. The molecule has 0 aliphatic heterocycles. The first-order valence-corrected chi connectivity index (χ1v) is 16.1. The van der Waals surface area contributed by atoms with Crippen LogP contribution < -0.4 is 21.1 Å². The summed E-state index contributed by atoms with van der Waals surface area (Å²) in [5.41, 5.74) is 5.81. The van der Waals surface area contributed by atoms with E-state index in [1.165, 1.54) is 30.0 Å². The molecule has 2 aromatic rings. The van der Waals surface area contributed by atoms with Gasteiger partial charge in [-0.2, -0.15) is 0 Å². The van der Waals surface area contributed by atoms with Crippen molar-refractivity contribution in [3.8, 4) is 0 Å². The molecule has 0 fully saturated rings. The van der Waals surface area contributed by atoms with Gasteiger partial charge in [-0.15, -0.1) is 0 Å². The van der Waals surface area contributed by atoms with Gasteiger partial charge in [-0.1, -0.05) is 90.9 Å².